The van der Waals surface area contributed by atoms with Gasteiger partial charge < -0.3 is 15.4 Å². The second kappa shape index (κ2) is 6.84. The largest absolute Gasteiger partial charge is 0.481 e. The van der Waals surface area contributed by atoms with E-state index in [0.29, 0.717) is 10.9 Å². The summed E-state index contributed by atoms with van der Waals surface area (Å²) in [6.07, 6.45) is 1.53. The molecule has 0 aliphatic carbocycles. The first-order valence-electron chi connectivity index (χ1n) is 7.33. The van der Waals surface area contributed by atoms with Gasteiger partial charge in [0.1, 0.15) is 5.82 Å². The molecule has 0 spiro atoms. The van der Waals surface area contributed by atoms with E-state index in [1.54, 1.807) is 18.3 Å². The van der Waals surface area contributed by atoms with Crippen molar-refractivity contribution in [3.8, 4) is 0 Å². The summed E-state index contributed by atoms with van der Waals surface area (Å²) in [6.45, 7) is 0. The highest BCUT2D eigenvalue weighted by Gasteiger charge is 2.19. The molecule has 24 heavy (non-hydrogen) atoms. The smallest absolute Gasteiger partial charge is 0.305 e. The number of hydrogen-bond acceptors (Lipinski definition) is 3. The number of aromatic nitrogens is 1. The first kappa shape index (κ1) is 16.2. The lowest BCUT2D eigenvalue weighted by Gasteiger charge is -2.15. The third kappa shape index (κ3) is 3.62. The summed E-state index contributed by atoms with van der Waals surface area (Å²) in [4.78, 5) is 27.1. The Balaban J connectivity index is 1.75. The first-order valence-corrected chi connectivity index (χ1v) is 8.21. The van der Waals surface area contributed by atoms with Crippen LogP contribution in [0.25, 0.3) is 10.9 Å². The molecule has 0 aliphatic rings. The fourth-order valence-electron chi connectivity index (χ4n) is 2.60. The van der Waals surface area contributed by atoms with E-state index in [2.05, 4.69) is 10.3 Å². The fourth-order valence-corrected chi connectivity index (χ4v) is 3.38. The van der Waals surface area contributed by atoms with Crippen LogP contribution in [-0.4, -0.2) is 22.0 Å². The molecule has 7 heteroatoms. The monoisotopic (exact) mass is 346 g/mol. The molecular formula is C17H15FN2O3S. The molecule has 124 valence electrons. The van der Waals surface area contributed by atoms with Crippen molar-refractivity contribution < 1.29 is 19.1 Å². The summed E-state index contributed by atoms with van der Waals surface area (Å²) >= 11 is 1.39. The molecule has 3 N–H and O–H groups in total. The SMILES string of the molecule is O=C(O)C[C@H](NC(=O)Cc1c[nH]c2ccc(F)cc12)c1cccs1. The van der Waals surface area contributed by atoms with Gasteiger partial charge in [0, 0.05) is 22.0 Å². The second-order valence-corrected chi connectivity index (χ2v) is 6.39. The summed E-state index contributed by atoms with van der Waals surface area (Å²) in [5, 5.41) is 14.3. The van der Waals surface area contributed by atoms with Gasteiger partial charge in [-0.3, -0.25) is 9.59 Å². The lowest BCUT2D eigenvalue weighted by Crippen LogP contribution is -2.30. The van der Waals surface area contributed by atoms with Crippen LogP contribution in [0.1, 0.15) is 22.9 Å². The van der Waals surface area contributed by atoms with E-state index in [1.807, 2.05) is 11.4 Å². The number of carboxylic acids is 1. The highest BCUT2D eigenvalue weighted by molar-refractivity contribution is 7.10. The highest BCUT2D eigenvalue weighted by Crippen LogP contribution is 2.23. The number of fused-ring (bicyclic) bond motifs is 1. The zero-order valence-electron chi connectivity index (χ0n) is 12.6. The molecule has 0 aliphatic heterocycles. The van der Waals surface area contributed by atoms with Crippen molar-refractivity contribution in [2.75, 3.05) is 0 Å². The van der Waals surface area contributed by atoms with Crippen LogP contribution in [0.5, 0.6) is 0 Å². The molecule has 0 unspecified atom stereocenters. The normalized spacial score (nSPS) is 12.2. The number of amides is 1. The summed E-state index contributed by atoms with van der Waals surface area (Å²) in [6, 6.07) is 7.37. The predicted octanol–water partition coefficient (Wildman–Crippen LogP) is 3.24. The summed E-state index contributed by atoms with van der Waals surface area (Å²) in [5.74, 6) is -1.66. The zero-order chi connectivity index (χ0) is 17.1. The molecule has 3 rings (SSSR count). The molecule has 2 aromatic heterocycles. The van der Waals surface area contributed by atoms with Crippen molar-refractivity contribution in [3.05, 3.63) is 58.2 Å². The number of thiophene rings is 1. The first-order chi connectivity index (χ1) is 11.5. The topological polar surface area (TPSA) is 82.2 Å². The molecule has 1 aromatic carbocycles. The maximum Gasteiger partial charge on any atom is 0.305 e. The van der Waals surface area contributed by atoms with Crippen LogP contribution in [-0.2, 0) is 16.0 Å². The van der Waals surface area contributed by atoms with Crippen molar-refractivity contribution in [3.63, 3.8) is 0 Å². The summed E-state index contributed by atoms with van der Waals surface area (Å²) in [5.41, 5.74) is 1.42. The highest BCUT2D eigenvalue weighted by atomic mass is 32.1. The number of carbonyl (C=O) groups excluding carboxylic acids is 1. The van der Waals surface area contributed by atoms with Gasteiger partial charge in [-0.05, 0) is 35.2 Å². The Hall–Kier alpha value is -2.67. The lowest BCUT2D eigenvalue weighted by atomic mass is 10.1. The molecule has 2 heterocycles. The number of rotatable bonds is 6. The van der Waals surface area contributed by atoms with Crippen LogP contribution >= 0.6 is 11.3 Å². The Morgan fingerprint density at radius 2 is 2.17 bits per heavy atom. The molecule has 5 nitrogen and oxygen atoms in total. The van der Waals surface area contributed by atoms with Crippen molar-refractivity contribution in [1.29, 1.82) is 0 Å². The number of aromatic amines is 1. The van der Waals surface area contributed by atoms with Gasteiger partial charge in [-0.15, -0.1) is 11.3 Å². The number of H-pyrrole nitrogens is 1. The molecule has 0 radical (unpaired) electrons. The van der Waals surface area contributed by atoms with E-state index >= 15 is 0 Å². The van der Waals surface area contributed by atoms with Crippen molar-refractivity contribution in [2.45, 2.75) is 18.9 Å². The standard InChI is InChI=1S/C17H15FN2O3S/c18-11-3-4-13-12(7-11)10(9-19-13)6-16(21)20-14(8-17(22)23)15-2-1-5-24-15/h1-5,7,9,14,19H,6,8H2,(H,20,21)(H,22,23)/t14-/m0/s1. The quantitative estimate of drug-likeness (QED) is 0.641. The van der Waals surface area contributed by atoms with Gasteiger partial charge in [-0.1, -0.05) is 6.07 Å². The molecular weight excluding hydrogens is 331 g/mol. The maximum atomic E-state index is 13.4. The van der Waals surface area contributed by atoms with Gasteiger partial charge in [-0.25, -0.2) is 4.39 Å². The van der Waals surface area contributed by atoms with Crippen molar-refractivity contribution in [2.24, 2.45) is 0 Å². The van der Waals surface area contributed by atoms with Gasteiger partial charge in [0.2, 0.25) is 5.91 Å². The van der Waals surface area contributed by atoms with E-state index in [4.69, 9.17) is 5.11 Å². The molecule has 1 atom stereocenters. The van der Waals surface area contributed by atoms with E-state index in [-0.39, 0.29) is 24.6 Å². The minimum atomic E-state index is -0.983. The minimum absolute atomic E-state index is 0.0466. The molecule has 3 aromatic rings. The Morgan fingerprint density at radius 1 is 1.33 bits per heavy atom. The Kier molecular flexibility index (Phi) is 4.61. The predicted molar refractivity (Wildman–Crippen MR) is 89.4 cm³/mol. The summed E-state index contributed by atoms with van der Waals surface area (Å²) < 4.78 is 13.4. The maximum absolute atomic E-state index is 13.4. The van der Waals surface area contributed by atoms with Crippen LogP contribution in [0.2, 0.25) is 0 Å². The van der Waals surface area contributed by atoms with Crippen LogP contribution in [0.15, 0.2) is 41.9 Å². The number of hydrogen-bond donors (Lipinski definition) is 3. The Morgan fingerprint density at radius 3 is 2.88 bits per heavy atom. The Labute approximate surface area is 141 Å². The van der Waals surface area contributed by atoms with Crippen LogP contribution < -0.4 is 5.32 Å². The molecule has 0 saturated carbocycles. The van der Waals surface area contributed by atoms with Crippen LogP contribution in [0, 0.1) is 5.82 Å². The number of benzene rings is 1. The zero-order valence-corrected chi connectivity index (χ0v) is 13.4. The number of halogens is 1. The van der Waals surface area contributed by atoms with E-state index in [1.165, 1.54) is 23.5 Å². The third-order valence-electron chi connectivity index (χ3n) is 3.68. The molecule has 0 saturated heterocycles. The van der Waals surface area contributed by atoms with Gasteiger partial charge in [-0.2, -0.15) is 0 Å². The van der Waals surface area contributed by atoms with Crippen LogP contribution in [0.3, 0.4) is 0 Å². The fraction of sp³-hybridized carbons (Fsp3) is 0.176. The van der Waals surface area contributed by atoms with Crippen molar-refractivity contribution in [1.82, 2.24) is 10.3 Å². The van der Waals surface area contributed by atoms with Gasteiger partial charge in [0.05, 0.1) is 18.9 Å². The number of aliphatic carboxylic acids is 1. The number of carbonyl (C=O) groups is 2. The Bertz CT molecular complexity index is 873. The lowest BCUT2D eigenvalue weighted by molar-refractivity contribution is -0.137. The minimum Gasteiger partial charge on any atom is -0.481 e. The van der Waals surface area contributed by atoms with E-state index < -0.39 is 12.0 Å². The van der Waals surface area contributed by atoms with Crippen LogP contribution in [0.4, 0.5) is 4.39 Å². The third-order valence-corrected chi connectivity index (χ3v) is 4.67. The van der Waals surface area contributed by atoms with Crippen molar-refractivity contribution >= 4 is 34.1 Å². The average Bonchev–Trinajstić information content (AvgIpc) is 3.16. The van der Waals surface area contributed by atoms with Gasteiger partial charge in [0.15, 0.2) is 0 Å². The van der Waals surface area contributed by atoms with Gasteiger partial charge in [0.25, 0.3) is 0 Å². The number of carboxylic acid groups (broad SMARTS) is 1. The second-order valence-electron chi connectivity index (χ2n) is 5.41. The number of nitrogens with one attached hydrogen (secondary N) is 2. The van der Waals surface area contributed by atoms with Gasteiger partial charge >= 0.3 is 5.97 Å². The average molecular weight is 346 g/mol. The van der Waals surface area contributed by atoms with E-state index in [0.717, 1.165) is 10.4 Å². The molecule has 0 bridgehead atoms. The molecule has 0 fully saturated rings. The summed E-state index contributed by atoms with van der Waals surface area (Å²) in [7, 11) is 0. The van der Waals surface area contributed by atoms with E-state index in [9.17, 15) is 14.0 Å². The molecule has 1 amide bonds.